The Morgan fingerprint density at radius 1 is 1.42 bits per heavy atom. The fourth-order valence-electron chi connectivity index (χ4n) is 2.25. The molecule has 1 aliphatic carbocycles. The first-order valence-corrected chi connectivity index (χ1v) is 8.08. The molecule has 0 saturated heterocycles. The fraction of sp³-hybridized carbons (Fsp3) is 0.500. The van der Waals surface area contributed by atoms with Crippen LogP contribution in [0.3, 0.4) is 0 Å². The van der Waals surface area contributed by atoms with Gasteiger partial charge in [-0.3, -0.25) is 0 Å². The Bertz CT molecular complexity index is 598. The molecule has 1 aliphatic rings. The van der Waals surface area contributed by atoms with Crippen LogP contribution in [0.4, 0.5) is 0 Å². The summed E-state index contributed by atoms with van der Waals surface area (Å²) in [6, 6.07) is 8.14. The van der Waals surface area contributed by atoms with Gasteiger partial charge in [0.05, 0.1) is 22.3 Å². The Morgan fingerprint density at radius 3 is 2.74 bits per heavy atom. The van der Waals surface area contributed by atoms with E-state index in [1.807, 2.05) is 6.07 Å². The first-order valence-electron chi connectivity index (χ1n) is 6.43. The molecule has 0 atom stereocenters. The number of nitrogens with one attached hydrogen (secondary N) is 1. The van der Waals surface area contributed by atoms with Gasteiger partial charge in [0.25, 0.3) is 0 Å². The smallest absolute Gasteiger partial charge is 0.179 e. The molecule has 0 aromatic heterocycles. The summed E-state index contributed by atoms with van der Waals surface area (Å²) < 4.78 is 24.3. The third-order valence-corrected chi connectivity index (χ3v) is 5.42. The van der Waals surface area contributed by atoms with Crippen LogP contribution >= 0.6 is 0 Å². The maximum absolute atomic E-state index is 12.1. The molecule has 5 heteroatoms. The predicted molar refractivity (Wildman–Crippen MR) is 73.5 cm³/mol. The summed E-state index contributed by atoms with van der Waals surface area (Å²) in [6.07, 6.45) is 3.42. The molecule has 0 heterocycles. The van der Waals surface area contributed by atoms with Crippen LogP contribution in [0.5, 0.6) is 0 Å². The van der Waals surface area contributed by atoms with Gasteiger partial charge in [0.2, 0.25) is 0 Å². The van der Waals surface area contributed by atoms with E-state index in [4.69, 9.17) is 5.26 Å². The van der Waals surface area contributed by atoms with E-state index in [9.17, 15) is 8.42 Å². The molecule has 0 aliphatic heterocycles. The molecule has 2 rings (SSSR count). The number of hydrogen-bond acceptors (Lipinski definition) is 4. The van der Waals surface area contributed by atoms with Crippen LogP contribution < -0.4 is 5.32 Å². The van der Waals surface area contributed by atoms with Crippen LogP contribution in [0.2, 0.25) is 0 Å². The average Bonchev–Trinajstić information content (AvgIpc) is 2.36. The van der Waals surface area contributed by atoms with E-state index in [1.165, 1.54) is 12.5 Å². The summed E-state index contributed by atoms with van der Waals surface area (Å²) >= 11 is 0. The van der Waals surface area contributed by atoms with E-state index < -0.39 is 9.84 Å². The van der Waals surface area contributed by atoms with Crippen LogP contribution in [0.1, 0.15) is 31.7 Å². The highest BCUT2D eigenvalue weighted by Crippen LogP contribution is 2.30. The van der Waals surface area contributed by atoms with Crippen molar-refractivity contribution < 1.29 is 8.42 Å². The highest BCUT2D eigenvalue weighted by atomic mass is 32.2. The molecule has 4 nitrogen and oxygen atoms in total. The molecule has 1 aromatic carbocycles. The Hall–Kier alpha value is -1.38. The van der Waals surface area contributed by atoms with Gasteiger partial charge >= 0.3 is 0 Å². The first-order chi connectivity index (χ1) is 8.95. The second-order valence-corrected chi connectivity index (χ2v) is 7.41. The van der Waals surface area contributed by atoms with Gasteiger partial charge in [0, 0.05) is 12.1 Å². The predicted octanol–water partition coefficient (Wildman–Crippen LogP) is 1.86. The lowest BCUT2D eigenvalue weighted by molar-refractivity contribution is 0.213. The van der Waals surface area contributed by atoms with Gasteiger partial charge < -0.3 is 5.32 Å². The summed E-state index contributed by atoms with van der Waals surface area (Å²) in [5.74, 6) is 0.0669. The number of rotatable bonds is 5. The number of nitriles is 1. The Morgan fingerprint density at radius 2 is 2.16 bits per heavy atom. The largest absolute Gasteiger partial charge is 0.310 e. The highest BCUT2D eigenvalue weighted by Gasteiger charge is 2.31. The lowest BCUT2D eigenvalue weighted by Crippen LogP contribution is -2.49. The number of nitrogens with zero attached hydrogens (tertiary/aromatic N) is 1. The van der Waals surface area contributed by atoms with Crippen LogP contribution in [0, 0.1) is 11.3 Å². The zero-order valence-electron chi connectivity index (χ0n) is 11.0. The van der Waals surface area contributed by atoms with E-state index in [2.05, 4.69) is 12.2 Å². The van der Waals surface area contributed by atoms with E-state index in [-0.39, 0.29) is 16.2 Å². The third kappa shape index (κ3) is 3.34. The number of benzene rings is 1. The van der Waals surface area contributed by atoms with Crippen molar-refractivity contribution in [1.82, 2.24) is 5.32 Å². The maximum Gasteiger partial charge on any atom is 0.179 e. The van der Waals surface area contributed by atoms with Gasteiger partial charge in [-0.15, -0.1) is 0 Å². The second kappa shape index (κ2) is 5.32. The van der Waals surface area contributed by atoms with Gasteiger partial charge in [-0.05, 0) is 44.4 Å². The lowest BCUT2D eigenvalue weighted by Gasteiger charge is -2.39. The molecule has 0 radical (unpaired) electrons. The minimum atomic E-state index is -3.31. The molecule has 0 unspecified atom stereocenters. The van der Waals surface area contributed by atoms with Gasteiger partial charge in [-0.1, -0.05) is 6.07 Å². The first kappa shape index (κ1) is 14.0. The van der Waals surface area contributed by atoms with Crippen molar-refractivity contribution in [1.29, 1.82) is 5.26 Å². The van der Waals surface area contributed by atoms with Crippen molar-refractivity contribution in [3.63, 3.8) is 0 Å². The summed E-state index contributed by atoms with van der Waals surface area (Å²) in [7, 11) is -3.31. The van der Waals surface area contributed by atoms with Gasteiger partial charge in [0.15, 0.2) is 9.84 Å². The van der Waals surface area contributed by atoms with Crippen LogP contribution in [0.25, 0.3) is 0 Å². The highest BCUT2D eigenvalue weighted by molar-refractivity contribution is 7.91. The van der Waals surface area contributed by atoms with E-state index >= 15 is 0 Å². The molecular weight excluding hydrogens is 260 g/mol. The van der Waals surface area contributed by atoms with E-state index in [0.717, 1.165) is 12.8 Å². The van der Waals surface area contributed by atoms with Crippen molar-refractivity contribution in [3.05, 3.63) is 29.8 Å². The monoisotopic (exact) mass is 278 g/mol. The van der Waals surface area contributed by atoms with Crippen molar-refractivity contribution in [2.45, 2.75) is 36.6 Å². The normalized spacial score (nSPS) is 17.5. The number of sulfone groups is 1. The molecule has 1 fully saturated rings. The SMILES string of the molecule is CC1(NCCS(=O)(=O)c2cccc(C#N)c2)CCC1. The Kier molecular flexibility index (Phi) is 3.93. The molecule has 0 bridgehead atoms. The van der Waals surface area contributed by atoms with E-state index in [1.54, 1.807) is 18.2 Å². The van der Waals surface area contributed by atoms with Crippen molar-refractivity contribution in [3.8, 4) is 6.07 Å². The topological polar surface area (TPSA) is 70.0 Å². The number of hydrogen-bond donors (Lipinski definition) is 1. The second-order valence-electron chi connectivity index (χ2n) is 5.30. The molecule has 19 heavy (non-hydrogen) atoms. The molecule has 102 valence electrons. The quantitative estimate of drug-likeness (QED) is 0.892. The van der Waals surface area contributed by atoms with E-state index in [0.29, 0.717) is 12.1 Å². The molecule has 1 aromatic rings. The summed E-state index contributed by atoms with van der Waals surface area (Å²) in [5.41, 5.74) is 0.490. The fourth-order valence-corrected chi connectivity index (χ4v) is 3.45. The molecule has 0 spiro atoms. The summed E-state index contributed by atoms with van der Waals surface area (Å²) in [5, 5.41) is 12.1. The molecular formula is C14H18N2O2S. The van der Waals surface area contributed by atoms with Gasteiger partial charge in [-0.2, -0.15) is 5.26 Å². The zero-order chi connectivity index (χ0) is 13.9. The Balaban J connectivity index is 1.99. The molecule has 1 N–H and O–H groups in total. The lowest BCUT2D eigenvalue weighted by atomic mass is 9.79. The minimum absolute atomic E-state index is 0.0669. The summed E-state index contributed by atoms with van der Waals surface area (Å²) in [6.45, 7) is 2.58. The third-order valence-electron chi connectivity index (χ3n) is 3.70. The van der Waals surface area contributed by atoms with Crippen molar-refractivity contribution in [2.24, 2.45) is 0 Å². The maximum atomic E-state index is 12.1. The van der Waals surface area contributed by atoms with Crippen LogP contribution in [-0.4, -0.2) is 26.3 Å². The molecule has 1 saturated carbocycles. The molecule has 0 amide bonds. The summed E-state index contributed by atoms with van der Waals surface area (Å²) in [4.78, 5) is 0.229. The average molecular weight is 278 g/mol. The standard InChI is InChI=1S/C14H18N2O2S/c1-14(6-3-7-14)16-8-9-19(17,18)13-5-2-4-12(10-13)11-15/h2,4-5,10,16H,3,6-9H2,1H3. The minimum Gasteiger partial charge on any atom is -0.310 e. The van der Waals surface area contributed by atoms with Crippen LogP contribution in [-0.2, 0) is 9.84 Å². The van der Waals surface area contributed by atoms with Crippen molar-refractivity contribution >= 4 is 9.84 Å². The van der Waals surface area contributed by atoms with Gasteiger partial charge in [0.1, 0.15) is 0 Å². The zero-order valence-corrected chi connectivity index (χ0v) is 11.8. The van der Waals surface area contributed by atoms with Crippen molar-refractivity contribution in [2.75, 3.05) is 12.3 Å². The van der Waals surface area contributed by atoms with Gasteiger partial charge in [-0.25, -0.2) is 8.42 Å². The Labute approximate surface area is 114 Å². The van der Waals surface area contributed by atoms with Crippen LogP contribution in [0.15, 0.2) is 29.2 Å².